The fourth-order valence-electron chi connectivity index (χ4n) is 2.63. The molecule has 0 fully saturated rings. The molecule has 0 atom stereocenters. The lowest BCUT2D eigenvalue weighted by Crippen LogP contribution is -2.19. The minimum Gasteiger partial charge on any atom is -0.354 e. The van der Waals surface area contributed by atoms with Gasteiger partial charge in [0.25, 0.3) is 5.91 Å². The number of carbonyl (C=O) groups is 1. The van der Waals surface area contributed by atoms with E-state index in [4.69, 9.17) is 0 Å². The first-order chi connectivity index (χ1) is 10.9. The van der Waals surface area contributed by atoms with Crippen molar-refractivity contribution >= 4 is 16.8 Å². The summed E-state index contributed by atoms with van der Waals surface area (Å²) < 4.78 is 40.6. The lowest BCUT2D eigenvalue weighted by molar-refractivity contribution is 0.0958. The van der Waals surface area contributed by atoms with Crippen LogP contribution in [-0.2, 0) is 0 Å². The second-order valence-electron chi connectivity index (χ2n) is 5.21. The molecule has 0 aliphatic carbocycles. The monoisotopic (exact) mass is 318 g/mol. The highest BCUT2D eigenvalue weighted by Gasteiger charge is 2.18. The van der Waals surface area contributed by atoms with E-state index in [0.717, 1.165) is 12.1 Å². The van der Waals surface area contributed by atoms with Crippen molar-refractivity contribution in [2.45, 2.75) is 6.92 Å². The van der Waals surface area contributed by atoms with Gasteiger partial charge in [0.05, 0.1) is 5.52 Å². The third-order valence-corrected chi connectivity index (χ3v) is 3.82. The van der Waals surface area contributed by atoms with Crippen LogP contribution in [-0.4, -0.2) is 17.9 Å². The first kappa shape index (κ1) is 15.1. The summed E-state index contributed by atoms with van der Waals surface area (Å²) in [6.45, 7) is 1.69. The molecule has 2 N–H and O–H groups in total. The van der Waals surface area contributed by atoms with Gasteiger partial charge in [-0.3, -0.25) is 4.79 Å². The van der Waals surface area contributed by atoms with Gasteiger partial charge in [-0.1, -0.05) is 6.07 Å². The first-order valence-corrected chi connectivity index (χ1v) is 6.91. The van der Waals surface area contributed by atoms with Gasteiger partial charge in [-0.25, -0.2) is 13.2 Å². The van der Waals surface area contributed by atoms with Crippen LogP contribution >= 0.6 is 0 Å². The normalized spacial score (nSPS) is 11.0. The number of rotatable bonds is 2. The molecule has 1 aromatic heterocycles. The summed E-state index contributed by atoms with van der Waals surface area (Å²) in [6.07, 6.45) is 0. The molecule has 0 radical (unpaired) electrons. The van der Waals surface area contributed by atoms with E-state index in [1.165, 1.54) is 25.2 Å². The number of fused-ring (bicyclic) bond motifs is 1. The van der Waals surface area contributed by atoms with E-state index in [1.54, 1.807) is 6.92 Å². The Kier molecular flexibility index (Phi) is 3.60. The Balaban J connectivity index is 2.32. The van der Waals surface area contributed by atoms with Crippen molar-refractivity contribution in [3.05, 3.63) is 59.0 Å². The molecule has 6 heteroatoms. The quantitative estimate of drug-likeness (QED) is 0.739. The van der Waals surface area contributed by atoms with E-state index < -0.39 is 17.5 Å². The molecule has 3 aromatic rings. The van der Waals surface area contributed by atoms with Crippen molar-refractivity contribution in [3.63, 3.8) is 0 Å². The van der Waals surface area contributed by atoms with E-state index in [9.17, 15) is 18.0 Å². The maximum absolute atomic E-state index is 14.0. The zero-order valence-corrected chi connectivity index (χ0v) is 12.4. The maximum Gasteiger partial charge on any atom is 0.267 e. The molecule has 1 amide bonds. The fourth-order valence-corrected chi connectivity index (χ4v) is 2.63. The SMILES string of the molecule is CNC(=O)c1[nH]c2c(-c3ccc(F)c(F)c3)cc(F)cc2c1C. The number of hydrogen-bond acceptors (Lipinski definition) is 1. The lowest BCUT2D eigenvalue weighted by atomic mass is 10.0. The van der Waals surface area contributed by atoms with Crippen LogP contribution in [0, 0.1) is 24.4 Å². The van der Waals surface area contributed by atoms with E-state index in [2.05, 4.69) is 10.3 Å². The Hall–Kier alpha value is -2.76. The summed E-state index contributed by atoms with van der Waals surface area (Å²) in [5, 5.41) is 3.02. The smallest absolute Gasteiger partial charge is 0.267 e. The van der Waals surface area contributed by atoms with Crippen LogP contribution < -0.4 is 5.32 Å². The number of aromatic nitrogens is 1. The Morgan fingerprint density at radius 1 is 1.09 bits per heavy atom. The summed E-state index contributed by atoms with van der Waals surface area (Å²) in [7, 11) is 1.49. The number of H-pyrrole nitrogens is 1. The molecular formula is C17H13F3N2O. The number of benzene rings is 2. The summed E-state index contributed by atoms with van der Waals surface area (Å²) in [4.78, 5) is 14.8. The van der Waals surface area contributed by atoms with Gasteiger partial charge in [-0.15, -0.1) is 0 Å². The number of hydrogen-bond donors (Lipinski definition) is 2. The van der Waals surface area contributed by atoms with Gasteiger partial charge in [0.2, 0.25) is 0 Å². The molecule has 0 saturated carbocycles. The van der Waals surface area contributed by atoms with Crippen LogP contribution in [0.4, 0.5) is 13.2 Å². The minimum absolute atomic E-state index is 0.303. The number of carbonyl (C=O) groups excluding carboxylic acids is 1. The highest BCUT2D eigenvalue weighted by molar-refractivity contribution is 6.04. The van der Waals surface area contributed by atoms with Gasteiger partial charge >= 0.3 is 0 Å². The standard InChI is InChI=1S/C17H13F3N2O/c1-8-11-6-10(18)7-12(9-3-4-13(19)14(20)5-9)16(11)22-15(8)17(23)21-2/h3-7,22H,1-2H3,(H,21,23). The van der Waals surface area contributed by atoms with Gasteiger partial charge in [-0.05, 0) is 42.3 Å². The molecule has 0 spiro atoms. The Labute approximate surface area is 130 Å². The molecule has 3 rings (SSSR count). The minimum atomic E-state index is -1.02. The van der Waals surface area contributed by atoms with Crippen LogP contribution in [0.5, 0.6) is 0 Å². The first-order valence-electron chi connectivity index (χ1n) is 6.91. The maximum atomic E-state index is 14.0. The Morgan fingerprint density at radius 2 is 1.83 bits per heavy atom. The van der Waals surface area contributed by atoms with Crippen molar-refractivity contribution in [3.8, 4) is 11.1 Å². The average molecular weight is 318 g/mol. The summed E-state index contributed by atoms with van der Waals surface area (Å²) in [6, 6.07) is 5.87. The molecule has 2 aromatic carbocycles. The summed E-state index contributed by atoms with van der Waals surface area (Å²) in [5.41, 5.74) is 2.06. The van der Waals surface area contributed by atoms with Crippen LogP contribution in [0.2, 0.25) is 0 Å². The second kappa shape index (κ2) is 5.46. The van der Waals surface area contributed by atoms with Crippen LogP contribution in [0.3, 0.4) is 0 Å². The van der Waals surface area contributed by atoms with E-state index in [-0.39, 0.29) is 5.91 Å². The zero-order chi connectivity index (χ0) is 16.7. The molecule has 0 aliphatic rings. The van der Waals surface area contributed by atoms with Crippen LogP contribution in [0.25, 0.3) is 22.0 Å². The predicted molar refractivity (Wildman–Crippen MR) is 81.7 cm³/mol. The number of nitrogens with one attached hydrogen (secondary N) is 2. The number of halogens is 3. The third-order valence-electron chi connectivity index (χ3n) is 3.82. The third kappa shape index (κ3) is 2.46. The van der Waals surface area contributed by atoms with Gasteiger partial charge in [-0.2, -0.15) is 0 Å². The molecule has 118 valence electrons. The van der Waals surface area contributed by atoms with E-state index in [0.29, 0.717) is 33.3 Å². The molecule has 0 aliphatic heterocycles. The van der Waals surface area contributed by atoms with E-state index in [1.807, 2.05) is 0 Å². The van der Waals surface area contributed by atoms with Crippen molar-refractivity contribution in [2.75, 3.05) is 7.05 Å². The van der Waals surface area contributed by atoms with E-state index >= 15 is 0 Å². The highest BCUT2D eigenvalue weighted by Crippen LogP contribution is 2.33. The molecular weight excluding hydrogens is 305 g/mol. The molecule has 0 saturated heterocycles. The van der Waals surface area contributed by atoms with Gasteiger partial charge in [0.15, 0.2) is 11.6 Å². The topological polar surface area (TPSA) is 44.9 Å². The second-order valence-corrected chi connectivity index (χ2v) is 5.21. The van der Waals surface area contributed by atoms with Gasteiger partial charge < -0.3 is 10.3 Å². The van der Waals surface area contributed by atoms with Crippen molar-refractivity contribution in [2.24, 2.45) is 0 Å². The molecule has 3 nitrogen and oxygen atoms in total. The largest absolute Gasteiger partial charge is 0.354 e. The fraction of sp³-hybridized carbons (Fsp3) is 0.118. The Bertz CT molecular complexity index is 931. The molecule has 23 heavy (non-hydrogen) atoms. The summed E-state index contributed by atoms with van der Waals surface area (Å²) >= 11 is 0. The van der Waals surface area contributed by atoms with Gasteiger partial charge in [0, 0.05) is 18.0 Å². The predicted octanol–water partition coefficient (Wildman–Crippen LogP) is 3.92. The number of amides is 1. The number of aromatic amines is 1. The van der Waals surface area contributed by atoms with Crippen LogP contribution in [0.15, 0.2) is 30.3 Å². The van der Waals surface area contributed by atoms with Crippen molar-refractivity contribution < 1.29 is 18.0 Å². The molecule has 0 bridgehead atoms. The van der Waals surface area contributed by atoms with Crippen molar-refractivity contribution in [1.82, 2.24) is 10.3 Å². The summed E-state index contributed by atoms with van der Waals surface area (Å²) in [5.74, 6) is -2.86. The highest BCUT2D eigenvalue weighted by atomic mass is 19.2. The molecule has 1 heterocycles. The average Bonchev–Trinajstić information content (AvgIpc) is 2.86. The van der Waals surface area contributed by atoms with Gasteiger partial charge in [0.1, 0.15) is 11.5 Å². The Morgan fingerprint density at radius 3 is 2.48 bits per heavy atom. The lowest BCUT2D eigenvalue weighted by Gasteiger charge is -2.05. The zero-order valence-electron chi connectivity index (χ0n) is 12.4. The van der Waals surface area contributed by atoms with Crippen LogP contribution in [0.1, 0.15) is 16.1 Å². The molecule has 0 unspecified atom stereocenters. The number of aryl methyl sites for hydroxylation is 1. The van der Waals surface area contributed by atoms with Crippen molar-refractivity contribution in [1.29, 1.82) is 0 Å².